The van der Waals surface area contributed by atoms with Crippen molar-refractivity contribution in [1.29, 1.82) is 0 Å². The fraction of sp³-hybridized carbons (Fsp3) is 0.308. The summed E-state index contributed by atoms with van der Waals surface area (Å²) in [7, 11) is 3.26. The van der Waals surface area contributed by atoms with Gasteiger partial charge >= 0.3 is 0 Å². The highest BCUT2D eigenvalue weighted by atomic mass is 19.1. The molecule has 0 amide bonds. The van der Waals surface area contributed by atoms with E-state index >= 15 is 0 Å². The van der Waals surface area contributed by atoms with E-state index in [1.807, 2.05) is 14.0 Å². The predicted octanol–water partition coefficient (Wildman–Crippen LogP) is 2.77. The molecule has 1 atom stereocenters. The molecule has 0 aliphatic rings. The molecule has 2 aromatic rings. The molecule has 0 bridgehead atoms. The number of oxazole rings is 1. The lowest BCUT2D eigenvalue weighted by Gasteiger charge is -2.05. The Morgan fingerprint density at radius 1 is 1.44 bits per heavy atom. The van der Waals surface area contributed by atoms with Crippen LogP contribution in [0.25, 0.3) is 11.3 Å². The van der Waals surface area contributed by atoms with Gasteiger partial charge in [0.05, 0.1) is 19.3 Å². The van der Waals surface area contributed by atoms with Gasteiger partial charge in [-0.25, -0.2) is 9.37 Å². The molecule has 1 unspecified atom stereocenters. The van der Waals surface area contributed by atoms with Crippen LogP contribution in [0.4, 0.5) is 4.39 Å². The van der Waals surface area contributed by atoms with E-state index in [1.54, 1.807) is 18.3 Å². The topological polar surface area (TPSA) is 47.3 Å². The number of nitrogens with zero attached hydrogens (tertiary/aromatic N) is 1. The standard InChI is InChI=1S/C13H15FN2O2/c1-8(15-2)13-16-7-12(18-13)9-4-5-10(14)11(6-9)17-3/h4-8,15H,1-3H3. The third-order valence-corrected chi connectivity index (χ3v) is 2.76. The van der Waals surface area contributed by atoms with Crippen molar-refractivity contribution in [3.63, 3.8) is 0 Å². The SMILES string of the molecule is CNC(C)c1ncc(-c2ccc(F)c(OC)c2)o1. The van der Waals surface area contributed by atoms with Crippen molar-refractivity contribution in [2.24, 2.45) is 0 Å². The lowest BCUT2D eigenvalue weighted by molar-refractivity contribution is 0.386. The number of ether oxygens (including phenoxy) is 1. The lowest BCUT2D eigenvalue weighted by atomic mass is 10.2. The first-order chi connectivity index (χ1) is 8.65. The van der Waals surface area contributed by atoms with Crippen LogP contribution < -0.4 is 10.1 Å². The zero-order chi connectivity index (χ0) is 13.1. The van der Waals surface area contributed by atoms with Crippen LogP contribution in [-0.2, 0) is 0 Å². The fourth-order valence-electron chi connectivity index (χ4n) is 1.56. The second-order valence-corrected chi connectivity index (χ2v) is 3.92. The van der Waals surface area contributed by atoms with Gasteiger partial charge in [-0.2, -0.15) is 0 Å². The van der Waals surface area contributed by atoms with Crippen LogP contribution in [0, 0.1) is 5.82 Å². The smallest absolute Gasteiger partial charge is 0.211 e. The highest BCUT2D eigenvalue weighted by molar-refractivity contribution is 5.59. The molecule has 2 rings (SSSR count). The van der Waals surface area contributed by atoms with Gasteiger partial charge in [-0.15, -0.1) is 0 Å². The maximum absolute atomic E-state index is 13.3. The molecule has 1 aromatic carbocycles. The number of halogens is 1. The minimum absolute atomic E-state index is 0.0288. The third kappa shape index (κ3) is 2.36. The molecule has 5 heteroatoms. The van der Waals surface area contributed by atoms with Crippen LogP contribution in [0.3, 0.4) is 0 Å². The molecule has 0 aliphatic carbocycles. The summed E-state index contributed by atoms with van der Waals surface area (Å²) in [6, 6.07) is 4.59. The van der Waals surface area contributed by atoms with Gasteiger partial charge in [-0.05, 0) is 32.2 Å². The van der Waals surface area contributed by atoms with E-state index in [-0.39, 0.29) is 11.8 Å². The van der Waals surface area contributed by atoms with Crippen molar-refractivity contribution in [3.05, 3.63) is 36.1 Å². The normalized spacial score (nSPS) is 12.4. The van der Waals surface area contributed by atoms with Crippen molar-refractivity contribution in [3.8, 4) is 17.1 Å². The monoisotopic (exact) mass is 250 g/mol. The van der Waals surface area contributed by atoms with Crippen molar-refractivity contribution >= 4 is 0 Å². The van der Waals surface area contributed by atoms with Gasteiger partial charge in [0.25, 0.3) is 0 Å². The fourth-order valence-corrected chi connectivity index (χ4v) is 1.56. The van der Waals surface area contributed by atoms with E-state index in [1.165, 1.54) is 13.2 Å². The van der Waals surface area contributed by atoms with Gasteiger partial charge in [0.1, 0.15) is 0 Å². The molecule has 0 fully saturated rings. The summed E-state index contributed by atoms with van der Waals surface area (Å²) in [5, 5.41) is 3.04. The number of benzene rings is 1. The van der Waals surface area contributed by atoms with Gasteiger partial charge in [0.2, 0.25) is 5.89 Å². The van der Waals surface area contributed by atoms with E-state index in [0.29, 0.717) is 11.7 Å². The third-order valence-electron chi connectivity index (χ3n) is 2.76. The Labute approximate surface area is 105 Å². The summed E-state index contributed by atoms with van der Waals surface area (Å²) < 4.78 is 23.8. The number of rotatable bonds is 4. The maximum atomic E-state index is 13.3. The summed E-state index contributed by atoms with van der Waals surface area (Å²) in [4.78, 5) is 4.18. The number of aromatic nitrogens is 1. The van der Waals surface area contributed by atoms with Gasteiger partial charge in [0.15, 0.2) is 17.3 Å². The zero-order valence-electron chi connectivity index (χ0n) is 10.5. The summed E-state index contributed by atoms with van der Waals surface area (Å²) >= 11 is 0. The molecule has 0 spiro atoms. The quantitative estimate of drug-likeness (QED) is 0.906. The molecular weight excluding hydrogens is 235 g/mol. The summed E-state index contributed by atoms with van der Waals surface area (Å²) in [6.07, 6.45) is 1.62. The van der Waals surface area contributed by atoms with E-state index in [2.05, 4.69) is 10.3 Å². The number of hydrogen-bond acceptors (Lipinski definition) is 4. The lowest BCUT2D eigenvalue weighted by Crippen LogP contribution is -2.12. The molecule has 4 nitrogen and oxygen atoms in total. The van der Waals surface area contributed by atoms with Crippen LogP contribution in [0.2, 0.25) is 0 Å². The molecule has 1 aromatic heterocycles. The maximum Gasteiger partial charge on any atom is 0.211 e. The number of hydrogen-bond donors (Lipinski definition) is 1. The highest BCUT2D eigenvalue weighted by Gasteiger charge is 2.13. The minimum atomic E-state index is -0.399. The average Bonchev–Trinajstić information content (AvgIpc) is 2.88. The zero-order valence-corrected chi connectivity index (χ0v) is 10.5. The van der Waals surface area contributed by atoms with E-state index in [0.717, 1.165) is 5.56 Å². The van der Waals surface area contributed by atoms with Gasteiger partial charge < -0.3 is 14.5 Å². The summed E-state index contributed by atoms with van der Waals surface area (Å²) in [5.41, 5.74) is 0.732. The molecule has 0 saturated carbocycles. The molecular formula is C13H15FN2O2. The molecule has 1 N–H and O–H groups in total. The molecule has 0 saturated heterocycles. The van der Waals surface area contributed by atoms with E-state index < -0.39 is 5.82 Å². The number of methoxy groups -OCH3 is 1. The van der Waals surface area contributed by atoms with E-state index in [4.69, 9.17) is 9.15 Å². The first-order valence-corrected chi connectivity index (χ1v) is 5.62. The Kier molecular flexibility index (Phi) is 3.62. The number of nitrogens with one attached hydrogen (secondary N) is 1. The van der Waals surface area contributed by atoms with Crippen molar-refractivity contribution < 1.29 is 13.5 Å². The minimum Gasteiger partial charge on any atom is -0.494 e. The Bertz CT molecular complexity index is 540. The predicted molar refractivity (Wildman–Crippen MR) is 65.9 cm³/mol. The molecule has 18 heavy (non-hydrogen) atoms. The van der Waals surface area contributed by atoms with Crippen LogP contribution in [0.15, 0.2) is 28.8 Å². The molecule has 1 heterocycles. The molecule has 96 valence electrons. The van der Waals surface area contributed by atoms with Crippen molar-refractivity contribution in [2.45, 2.75) is 13.0 Å². The Hall–Kier alpha value is -1.88. The van der Waals surface area contributed by atoms with Crippen LogP contribution in [0.1, 0.15) is 18.9 Å². The second kappa shape index (κ2) is 5.18. The highest BCUT2D eigenvalue weighted by Crippen LogP contribution is 2.27. The van der Waals surface area contributed by atoms with Gasteiger partial charge in [0, 0.05) is 5.56 Å². The Morgan fingerprint density at radius 2 is 2.22 bits per heavy atom. The van der Waals surface area contributed by atoms with Crippen LogP contribution in [-0.4, -0.2) is 19.1 Å². The van der Waals surface area contributed by atoms with Crippen LogP contribution in [0.5, 0.6) is 5.75 Å². The largest absolute Gasteiger partial charge is 0.494 e. The van der Waals surface area contributed by atoms with Gasteiger partial charge in [-0.3, -0.25) is 0 Å². The van der Waals surface area contributed by atoms with Crippen molar-refractivity contribution in [1.82, 2.24) is 10.3 Å². The first kappa shape index (κ1) is 12.6. The van der Waals surface area contributed by atoms with Crippen molar-refractivity contribution in [2.75, 3.05) is 14.2 Å². The van der Waals surface area contributed by atoms with Crippen LogP contribution >= 0.6 is 0 Å². The van der Waals surface area contributed by atoms with E-state index in [9.17, 15) is 4.39 Å². The Morgan fingerprint density at radius 3 is 2.89 bits per heavy atom. The summed E-state index contributed by atoms with van der Waals surface area (Å²) in [6.45, 7) is 1.95. The second-order valence-electron chi connectivity index (χ2n) is 3.92. The van der Waals surface area contributed by atoms with Gasteiger partial charge in [-0.1, -0.05) is 0 Å². The average molecular weight is 250 g/mol. The molecule has 0 aliphatic heterocycles. The Balaban J connectivity index is 2.34. The molecule has 0 radical (unpaired) electrons. The first-order valence-electron chi connectivity index (χ1n) is 5.62. The summed E-state index contributed by atoms with van der Waals surface area (Å²) in [5.74, 6) is 0.970.